The van der Waals surface area contributed by atoms with Gasteiger partial charge in [0.15, 0.2) is 11.6 Å². The monoisotopic (exact) mass is 383 g/mol. The summed E-state index contributed by atoms with van der Waals surface area (Å²) in [6, 6.07) is 0. The molecule has 0 unspecified atom stereocenters. The lowest BCUT2D eigenvalue weighted by Gasteiger charge is -2.37. The maximum atomic E-state index is 12.7. The van der Waals surface area contributed by atoms with Crippen LogP contribution in [0.15, 0.2) is 10.7 Å². The highest BCUT2D eigenvalue weighted by Gasteiger charge is 2.35. The molecule has 144 valence electrons. The molecule has 1 saturated heterocycles. The third-order valence-electron chi connectivity index (χ3n) is 5.28. The molecule has 2 aliphatic rings. The molecule has 3 rings (SSSR count). The molecule has 1 aromatic rings. The zero-order valence-electron chi connectivity index (χ0n) is 14.9. The Hall–Kier alpha value is -1.60. The van der Waals surface area contributed by atoms with Crippen LogP contribution in [0.3, 0.4) is 0 Å². The van der Waals surface area contributed by atoms with Crippen molar-refractivity contribution in [3.05, 3.63) is 17.8 Å². The lowest BCUT2D eigenvalue weighted by atomic mass is 9.89. The number of hydrogen-bond donors (Lipinski definition) is 2. The van der Waals surface area contributed by atoms with Crippen LogP contribution >= 0.6 is 11.6 Å². The summed E-state index contributed by atoms with van der Waals surface area (Å²) in [5, 5.41) is 5.82. The Morgan fingerprint density at radius 1 is 1.23 bits per heavy atom. The topological polar surface area (TPSA) is 93.5 Å². The van der Waals surface area contributed by atoms with Crippen LogP contribution in [0.1, 0.15) is 67.2 Å². The van der Waals surface area contributed by atoms with Gasteiger partial charge in [-0.15, -0.1) is 11.6 Å². The summed E-state index contributed by atoms with van der Waals surface area (Å²) in [6.45, 7) is 1.38. The van der Waals surface area contributed by atoms with Gasteiger partial charge in [0.05, 0.1) is 5.54 Å². The van der Waals surface area contributed by atoms with Gasteiger partial charge in [-0.2, -0.15) is 0 Å². The third-order valence-corrected chi connectivity index (χ3v) is 5.53. The second kappa shape index (κ2) is 8.86. The van der Waals surface area contributed by atoms with Crippen molar-refractivity contribution in [1.29, 1.82) is 0 Å². The van der Waals surface area contributed by atoms with E-state index in [2.05, 4.69) is 15.6 Å². The zero-order valence-corrected chi connectivity index (χ0v) is 15.6. The highest BCUT2D eigenvalue weighted by atomic mass is 35.5. The molecular formula is C18H26ClN3O4. The summed E-state index contributed by atoms with van der Waals surface area (Å²) in [6.07, 6.45) is 8.41. The molecule has 0 spiro atoms. The van der Waals surface area contributed by atoms with E-state index in [-0.39, 0.29) is 17.7 Å². The average Bonchev–Trinajstić information content (AvgIpc) is 3.18. The van der Waals surface area contributed by atoms with E-state index in [0.717, 1.165) is 12.8 Å². The van der Waals surface area contributed by atoms with Crippen molar-refractivity contribution in [2.24, 2.45) is 0 Å². The van der Waals surface area contributed by atoms with Crippen LogP contribution in [0, 0.1) is 0 Å². The van der Waals surface area contributed by atoms with Gasteiger partial charge in [0, 0.05) is 25.7 Å². The Balaban J connectivity index is 1.65. The minimum Gasteiger partial charge on any atom is -0.448 e. The van der Waals surface area contributed by atoms with Crippen molar-refractivity contribution in [2.75, 3.05) is 25.6 Å². The summed E-state index contributed by atoms with van der Waals surface area (Å²) in [4.78, 5) is 28.7. The maximum absolute atomic E-state index is 12.7. The number of nitrogens with one attached hydrogen (secondary N) is 2. The van der Waals surface area contributed by atoms with Crippen molar-refractivity contribution >= 4 is 23.4 Å². The van der Waals surface area contributed by atoms with Crippen LogP contribution in [-0.2, 0) is 9.53 Å². The van der Waals surface area contributed by atoms with E-state index in [1.165, 1.54) is 25.5 Å². The van der Waals surface area contributed by atoms with E-state index >= 15 is 0 Å². The first-order chi connectivity index (χ1) is 12.6. The Morgan fingerprint density at radius 3 is 2.65 bits per heavy atom. The van der Waals surface area contributed by atoms with Crippen LogP contribution in [0.4, 0.5) is 0 Å². The van der Waals surface area contributed by atoms with E-state index in [1.807, 2.05) is 0 Å². The number of alkyl halides is 1. The van der Waals surface area contributed by atoms with Gasteiger partial charge < -0.3 is 19.8 Å². The fraction of sp³-hybridized carbons (Fsp3) is 0.722. The minimum atomic E-state index is -0.555. The first-order valence-electron chi connectivity index (χ1n) is 9.30. The number of rotatable bonds is 6. The van der Waals surface area contributed by atoms with Crippen LogP contribution < -0.4 is 10.6 Å². The molecule has 1 aliphatic carbocycles. The standard InChI is InChI=1S/C18H26ClN3O4/c19-10-15(23)20-12-18(6-8-25-9-7-18)22-16(24)14-11-26-17(21-14)13-4-2-1-3-5-13/h11,13H,1-10,12H2,(H,20,23)(H,22,24). The largest absolute Gasteiger partial charge is 0.448 e. The van der Waals surface area contributed by atoms with Crippen LogP contribution in [0.25, 0.3) is 0 Å². The van der Waals surface area contributed by atoms with E-state index in [0.29, 0.717) is 50.1 Å². The van der Waals surface area contributed by atoms with Gasteiger partial charge in [-0.3, -0.25) is 9.59 Å². The molecule has 1 saturated carbocycles. The minimum absolute atomic E-state index is 0.103. The van der Waals surface area contributed by atoms with Crippen molar-refractivity contribution in [2.45, 2.75) is 56.4 Å². The SMILES string of the molecule is O=C(CCl)NCC1(NC(=O)c2coc(C3CCCCC3)n2)CCOCC1. The third kappa shape index (κ3) is 4.76. The first-order valence-corrected chi connectivity index (χ1v) is 9.84. The van der Waals surface area contributed by atoms with E-state index in [4.69, 9.17) is 20.8 Å². The molecule has 0 aromatic carbocycles. The van der Waals surface area contributed by atoms with Gasteiger partial charge in [0.2, 0.25) is 5.91 Å². The van der Waals surface area contributed by atoms with Gasteiger partial charge in [-0.25, -0.2) is 4.98 Å². The fourth-order valence-corrected chi connectivity index (χ4v) is 3.75. The molecule has 8 heteroatoms. The zero-order chi connectivity index (χ0) is 18.4. The number of nitrogens with zero attached hydrogens (tertiary/aromatic N) is 1. The fourth-order valence-electron chi connectivity index (χ4n) is 3.66. The number of oxazole rings is 1. The van der Waals surface area contributed by atoms with Crippen LogP contribution in [-0.4, -0.2) is 48.0 Å². The molecule has 0 atom stereocenters. The Bertz CT molecular complexity index is 622. The normalized spacial score (nSPS) is 20.5. The van der Waals surface area contributed by atoms with Gasteiger partial charge in [0.25, 0.3) is 5.91 Å². The van der Waals surface area contributed by atoms with Gasteiger partial charge in [0.1, 0.15) is 12.1 Å². The molecule has 0 bridgehead atoms. The van der Waals surface area contributed by atoms with Crippen LogP contribution in [0.2, 0.25) is 0 Å². The summed E-state index contributed by atoms with van der Waals surface area (Å²) in [5.41, 5.74) is -0.263. The van der Waals surface area contributed by atoms with E-state index < -0.39 is 5.54 Å². The van der Waals surface area contributed by atoms with Gasteiger partial charge in [-0.05, 0) is 25.7 Å². The predicted octanol–water partition coefficient (Wildman–Crippen LogP) is 2.36. The predicted molar refractivity (Wildman–Crippen MR) is 96.3 cm³/mol. The van der Waals surface area contributed by atoms with Crippen molar-refractivity contribution in [1.82, 2.24) is 15.6 Å². The number of hydrogen-bond acceptors (Lipinski definition) is 5. The molecule has 7 nitrogen and oxygen atoms in total. The smallest absolute Gasteiger partial charge is 0.273 e. The number of ether oxygens (including phenoxy) is 1. The molecule has 26 heavy (non-hydrogen) atoms. The molecule has 1 aliphatic heterocycles. The second-order valence-corrected chi connectivity index (χ2v) is 7.43. The summed E-state index contributed by atoms with van der Waals surface area (Å²) in [5.74, 6) is 0.330. The second-order valence-electron chi connectivity index (χ2n) is 7.16. The lowest BCUT2D eigenvalue weighted by Crippen LogP contribution is -2.58. The Labute approximate surface area is 158 Å². The number of amides is 2. The summed E-state index contributed by atoms with van der Waals surface area (Å²) in [7, 11) is 0. The number of halogens is 1. The lowest BCUT2D eigenvalue weighted by molar-refractivity contribution is -0.119. The number of carbonyl (C=O) groups is 2. The molecule has 1 aromatic heterocycles. The van der Waals surface area contributed by atoms with Gasteiger partial charge >= 0.3 is 0 Å². The van der Waals surface area contributed by atoms with Crippen molar-refractivity contribution in [3.8, 4) is 0 Å². The summed E-state index contributed by atoms with van der Waals surface area (Å²) >= 11 is 5.55. The molecule has 2 heterocycles. The average molecular weight is 384 g/mol. The molecule has 2 N–H and O–H groups in total. The van der Waals surface area contributed by atoms with Crippen molar-refractivity contribution in [3.63, 3.8) is 0 Å². The Kier molecular flexibility index (Phi) is 6.53. The van der Waals surface area contributed by atoms with Crippen molar-refractivity contribution < 1.29 is 18.7 Å². The molecule has 0 radical (unpaired) electrons. The van der Waals surface area contributed by atoms with Gasteiger partial charge in [-0.1, -0.05) is 19.3 Å². The molecular weight excluding hydrogens is 358 g/mol. The van der Waals surface area contributed by atoms with E-state index in [1.54, 1.807) is 0 Å². The Morgan fingerprint density at radius 2 is 1.96 bits per heavy atom. The highest BCUT2D eigenvalue weighted by molar-refractivity contribution is 6.27. The quantitative estimate of drug-likeness (QED) is 0.735. The number of carbonyl (C=O) groups excluding carboxylic acids is 2. The van der Waals surface area contributed by atoms with E-state index in [9.17, 15) is 9.59 Å². The highest BCUT2D eigenvalue weighted by Crippen LogP contribution is 2.32. The maximum Gasteiger partial charge on any atom is 0.273 e. The molecule has 2 amide bonds. The summed E-state index contributed by atoms with van der Waals surface area (Å²) < 4.78 is 11.0. The first kappa shape index (κ1) is 19.2. The number of aromatic nitrogens is 1. The van der Waals surface area contributed by atoms with Crippen LogP contribution in [0.5, 0.6) is 0 Å². The molecule has 2 fully saturated rings.